The normalized spacial score (nSPS) is 16.9. The van der Waals surface area contributed by atoms with Gasteiger partial charge < -0.3 is 20.1 Å². The number of hydrogen-bond acceptors (Lipinski definition) is 3. The molecule has 5 heteroatoms. The molecule has 1 aromatic carbocycles. The number of anilines is 1. The third kappa shape index (κ3) is 2.41. The second kappa shape index (κ2) is 4.86. The molecule has 1 heterocycles. The first-order chi connectivity index (χ1) is 8.58. The van der Waals surface area contributed by atoms with Gasteiger partial charge in [-0.1, -0.05) is 19.1 Å². The quantitative estimate of drug-likeness (QED) is 0.858. The molecule has 2 amide bonds. The maximum atomic E-state index is 11.9. The van der Waals surface area contributed by atoms with E-state index in [1.54, 1.807) is 24.1 Å². The van der Waals surface area contributed by atoms with E-state index in [1.165, 1.54) is 0 Å². The molecule has 0 aromatic heterocycles. The highest BCUT2D eigenvalue weighted by molar-refractivity contribution is 5.91. The molecule has 98 valence electrons. The third-order valence-corrected chi connectivity index (χ3v) is 3.26. The molecular formula is C13H18N2O3. The van der Waals surface area contributed by atoms with E-state index >= 15 is 0 Å². The van der Waals surface area contributed by atoms with Crippen molar-refractivity contribution in [3.8, 4) is 5.75 Å². The molecule has 0 bridgehead atoms. The lowest BCUT2D eigenvalue weighted by Crippen LogP contribution is -2.63. The van der Waals surface area contributed by atoms with E-state index in [2.05, 4.69) is 5.32 Å². The highest BCUT2D eigenvalue weighted by Crippen LogP contribution is 2.27. The molecule has 2 rings (SSSR count). The standard InChI is InChI=1S/C13H18N2O3/c1-3-13(17)8-15(9-13)12(16)14-10-6-4-5-7-11(10)18-2/h4-7,17H,3,8-9H2,1-2H3,(H,14,16). The van der Waals surface area contributed by atoms with Gasteiger partial charge in [0.15, 0.2) is 0 Å². The average Bonchev–Trinajstić information content (AvgIpc) is 2.35. The molecule has 1 aromatic rings. The molecule has 0 unspecified atom stereocenters. The lowest BCUT2D eigenvalue weighted by atomic mass is 9.92. The number of methoxy groups -OCH3 is 1. The minimum atomic E-state index is -0.710. The van der Waals surface area contributed by atoms with Crippen LogP contribution in [0.4, 0.5) is 10.5 Å². The van der Waals surface area contributed by atoms with Gasteiger partial charge in [0, 0.05) is 0 Å². The van der Waals surface area contributed by atoms with Crippen LogP contribution in [-0.4, -0.2) is 41.8 Å². The molecule has 0 radical (unpaired) electrons. The minimum Gasteiger partial charge on any atom is -0.495 e. The van der Waals surface area contributed by atoms with Gasteiger partial charge in [-0.05, 0) is 18.6 Å². The number of ether oxygens (including phenoxy) is 1. The van der Waals surface area contributed by atoms with Crippen molar-refractivity contribution in [2.75, 3.05) is 25.5 Å². The van der Waals surface area contributed by atoms with Crippen LogP contribution in [0.15, 0.2) is 24.3 Å². The van der Waals surface area contributed by atoms with Crippen molar-refractivity contribution in [1.29, 1.82) is 0 Å². The predicted molar refractivity (Wildman–Crippen MR) is 68.8 cm³/mol. The summed E-state index contributed by atoms with van der Waals surface area (Å²) in [6, 6.07) is 7.03. The summed E-state index contributed by atoms with van der Waals surface area (Å²) in [6.07, 6.45) is 0.658. The fraction of sp³-hybridized carbons (Fsp3) is 0.462. The van der Waals surface area contributed by atoms with E-state index in [-0.39, 0.29) is 6.03 Å². The molecule has 1 saturated heterocycles. The zero-order chi connectivity index (χ0) is 13.2. The number of carbonyl (C=O) groups is 1. The van der Waals surface area contributed by atoms with E-state index in [0.717, 1.165) is 0 Å². The number of likely N-dealkylation sites (tertiary alicyclic amines) is 1. The number of para-hydroxylation sites is 2. The number of amides is 2. The Labute approximate surface area is 106 Å². The van der Waals surface area contributed by atoms with Gasteiger partial charge in [-0.25, -0.2) is 4.79 Å². The number of benzene rings is 1. The number of carbonyl (C=O) groups excluding carboxylic acids is 1. The zero-order valence-corrected chi connectivity index (χ0v) is 10.6. The van der Waals surface area contributed by atoms with Gasteiger partial charge in [-0.2, -0.15) is 0 Å². The Bertz CT molecular complexity index is 442. The van der Waals surface area contributed by atoms with Crippen LogP contribution in [0.25, 0.3) is 0 Å². The van der Waals surface area contributed by atoms with Gasteiger partial charge in [0.25, 0.3) is 0 Å². The van der Waals surface area contributed by atoms with E-state index in [1.807, 2.05) is 19.1 Å². The Morgan fingerprint density at radius 1 is 1.50 bits per heavy atom. The zero-order valence-electron chi connectivity index (χ0n) is 10.6. The van der Waals surface area contributed by atoms with Crippen LogP contribution in [0, 0.1) is 0 Å². The van der Waals surface area contributed by atoms with Gasteiger partial charge in [-0.15, -0.1) is 0 Å². The Morgan fingerprint density at radius 2 is 2.17 bits per heavy atom. The molecule has 0 atom stereocenters. The Morgan fingerprint density at radius 3 is 2.78 bits per heavy atom. The molecular weight excluding hydrogens is 232 g/mol. The van der Waals surface area contributed by atoms with Gasteiger partial charge in [0.2, 0.25) is 0 Å². The smallest absolute Gasteiger partial charge is 0.322 e. The molecule has 1 aliphatic rings. The lowest BCUT2D eigenvalue weighted by Gasteiger charge is -2.45. The predicted octanol–water partition coefficient (Wildman–Crippen LogP) is 1.68. The summed E-state index contributed by atoms with van der Waals surface area (Å²) >= 11 is 0. The second-order valence-electron chi connectivity index (χ2n) is 4.56. The highest BCUT2D eigenvalue weighted by Gasteiger charge is 2.42. The monoisotopic (exact) mass is 250 g/mol. The SMILES string of the molecule is CCC1(O)CN(C(=O)Nc2ccccc2OC)C1. The second-order valence-corrected chi connectivity index (χ2v) is 4.56. The van der Waals surface area contributed by atoms with E-state index in [9.17, 15) is 9.90 Å². The van der Waals surface area contributed by atoms with Crippen molar-refractivity contribution in [3.05, 3.63) is 24.3 Å². The fourth-order valence-electron chi connectivity index (χ4n) is 1.97. The fourth-order valence-corrected chi connectivity index (χ4v) is 1.97. The lowest BCUT2D eigenvalue weighted by molar-refractivity contribution is -0.0755. The third-order valence-electron chi connectivity index (χ3n) is 3.26. The van der Waals surface area contributed by atoms with Crippen LogP contribution < -0.4 is 10.1 Å². The maximum absolute atomic E-state index is 11.9. The summed E-state index contributed by atoms with van der Waals surface area (Å²) in [7, 11) is 1.56. The van der Waals surface area contributed by atoms with Gasteiger partial charge >= 0.3 is 6.03 Å². The van der Waals surface area contributed by atoms with Crippen molar-refractivity contribution in [1.82, 2.24) is 4.90 Å². The summed E-state index contributed by atoms with van der Waals surface area (Å²) in [5.41, 5.74) is -0.0742. The van der Waals surface area contributed by atoms with Crippen LogP contribution in [0.5, 0.6) is 5.75 Å². The largest absolute Gasteiger partial charge is 0.495 e. The molecule has 18 heavy (non-hydrogen) atoms. The maximum Gasteiger partial charge on any atom is 0.322 e. The summed E-state index contributed by atoms with van der Waals surface area (Å²) in [5, 5.41) is 12.6. The Balaban J connectivity index is 1.97. The first-order valence-corrected chi connectivity index (χ1v) is 5.99. The van der Waals surface area contributed by atoms with E-state index in [0.29, 0.717) is 30.9 Å². The van der Waals surface area contributed by atoms with E-state index in [4.69, 9.17) is 4.74 Å². The number of aliphatic hydroxyl groups is 1. The van der Waals surface area contributed by atoms with Crippen molar-refractivity contribution >= 4 is 11.7 Å². The van der Waals surface area contributed by atoms with Gasteiger partial charge in [0.1, 0.15) is 5.75 Å². The number of hydrogen-bond donors (Lipinski definition) is 2. The Hall–Kier alpha value is -1.75. The summed E-state index contributed by atoms with van der Waals surface area (Å²) in [6.45, 7) is 2.67. The van der Waals surface area contributed by atoms with Crippen LogP contribution in [0.3, 0.4) is 0 Å². The topological polar surface area (TPSA) is 61.8 Å². The minimum absolute atomic E-state index is 0.211. The molecule has 1 fully saturated rings. The van der Waals surface area contributed by atoms with Crippen molar-refractivity contribution in [2.45, 2.75) is 18.9 Å². The number of urea groups is 1. The van der Waals surface area contributed by atoms with Crippen LogP contribution in [-0.2, 0) is 0 Å². The molecule has 0 spiro atoms. The first-order valence-electron chi connectivity index (χ1n) is 5.99. The van der Waals surface area contributed by atoms with Gasteiger partial charge in [-0.3, -0.25) is 0 Å². The first kappa shape index (κ1) is 12.7. The van der Waals surface area contributed by atoms with Crippen LogP contribution >= 0.6 is 0 Å². The number of β-amino-alcohol motifs (C(OH)–C–C–N with tert-alkyl or cyclic N) is 1. The summed E-state index contributed by atoms with van der Waals surface area (Å²) in [5.74, 6) is 0.622. The van der Waals surface area contributed by atoms with E-state index < -0.39 is 5.60 Å². The average molecular weight is 250 g/mol. The highest BCUT2D eigenvalue weighted by atomic mass is 16.5. The van der Waals surface area contributed by atoms with Crippen LogP contribution in [0.2, 0.25) is 0 Å². The Kier molecular flexibility index (Phi) is 3.43. The van der Waals surface area contributed by atoms with Crippen molar-refractivity contribution in [3.63, 3.8) is 0 Å². The number of rotatable bonds is 3. The van der Waals surface area contributed by atoms with Crippen molar-refractivity contribution in [2.24, 2.45) is 0 Å². The molecule has 0 saturated carbocycles. The molecule has 0 aliphatic carbocycles. The number of nitrogens with one attached hydrogen (secondary N) is 1. The van der Waals surface area contributed by atoms with Crippen molar-refractivity contribution < 1.29 is 14.6 Å². The number of nitrogens with zero attached hydrogens (tertiary/aromatic N) is 1. The molecule has 5 nitrogen and oxygen atoms in total. The molecule has 1 aliphatic heterocycles. The summed E-state index contributed by atoms with van der Waals surface area (Å²) in [4.78, 5) is 13.5. The van der Waals surface area contributed by atoms with Gasteiger partial charge in [0.05, 0.1) is 31.5 Å². The molecule has 2 N–H and O–H groups in total. The van der Waals surface area contributed by atoms with Crippen LogP contribution in [0.1, 0.15) is 13.3 Å². The summed E-state index contributed by atoms with van der Waals surface area (Å²) < 4.78 is 5.16.